The highest BCUT2D eigenvalue weighted by Gasteiger charge is 2.09. The SMILES string of the molecule is CC(=O)C(=O)OCCC(C)CCC=C(C)C. The first-order chi connectivity index (χ1) is 7.43. The smallest absolute Gasteiger partial charge is 0.374 e. The zero-order chi connectivity index (χ0) is 12.6. The van der Waals surface area contributed by atoms with E-state index in [1.807, 2.05) is 0 Å². The van der Waals surface area contributed by atoms with E-state index in [9.17, 15) is 9.59 Å². The van der Waals surface area contributed by atoms with Gasteiger partial charge in [-0.3, -0.25) is 4.79 Å². The minimum atomic E-state index is -0.725. The van der Waals surface area contributed by atoms with Gasteiger partial charge in [0, 0.05) is 6.92 Å². The summed E-state index contributed by atoms with van der Waals surface area (Å²) in [6, 6.07) is 0. The summed E-state index contributed by atoms with van der Waals surface area (Å²) >= 11 is 0. The molecule has 0 aromatic rings. The first-order valence-corrected chi connectivity index (χ1v) is 5.74. The fourth-order valence-corrected chi connectivity index (χ4v) is 1.26. The lowest BCUT2D eigenvalue weighted by molar-refractivity contribution is -0.153. The van der Waals surface area contributed by atoms with Crippen LogP contribution in [0.15, 0.2) is 11.6 Å². The minimum absolute atomic E-state index is 0.342. The average Bonchev–Trinajstić information content (AvgIpc) is 2.16. The van der Waals surface area contributed by atoms with Crippen molar-refractivity contribution in [2.45, 2.75) is 47.0 Å². The van der Waals surface area contributed by atoms with Crippen molar-refractivity contribution in [3.63, 3.8) is 0 Å². The predicted molar refractivity (Wildman–Crippen MR) is 64.1 cm³/mol. The van der Waals surface area contributed by atoms with Crippen LogP contribution in [0, 0.1) is 5.92 Å². The van der Waals surface area contributed by atoms with Gasteiger partial charge in [-0.2, -0.15) is 0 Å². The van der Waals surface area contributed by atoms with Gasteiger partial charge >= 0.3 is 5.97 Å². The zero-order valence-electron chi connectivity index (χ0n) is 10.7. The topological polar surface area (TPSA) is 43.4 Å². The molecule has 0 aliphatic rings. The molecule has 0 N–H and O–H groups in total. The molecule has 0 rings (SSSR count). The molecule has 0 fully saturated rings. The molecule has 1 atom stereocenters. The van der Waals surface area contributed by atoms with Gasteiger partial charge < -0.3 is 4.74 Å². The van der Waals surface area contributed by atoms with Crippen LogP contribution in [-0.2, 0) is 14.3 Å². The lowest BCUT2D eigenvalue weighted by atomic mass is 10.0. The second kappa shape index (κ2) is 8.08. The van der Waals surface area contributed by atoms with Gasteiger partial charge in [-0.1, -0.05) is 18.6 Å². The Morgan fingerprint density at radius 3 is 2.31 bits per heavy atom. The molecule has 0 radical (unpaired) electrons. The van der Waals surface area contributed by atoms with Crippen molar-refractivity contribution in [3.8, 4) is 0 Å². The van der Waals surface area contributed by atoms with E-state index < -0.39 is 11.8 Å². The van der Waals surface area contributed by atoms with E-state index in [-0.39, 0.29) is 0 Å². The van der Waals surface area contributed by atoms with Crippen molar-refractivity contribution >= 4 is 11.8 Å². The summed E-state index contributed by atoms with van der Waals surface area (Å²) in [5, 5.41) is 0. The van der Waals surface area contributed by atoms with E-state index in [0.717, 1.165) is 19.3 Å². The molecule has 0 aromatic heterocycles. The minimum Gasteiger partial charge on any atom is -0.460 e. The molecular weight excluding hydrogens is 204 g/mol. The number of ether oxygens (including phenoxy) is 1. The fourth-order valence-electron chi connectivity index (χ4n) is 1.26. The Morgan fingerprint density at radius 1 is 1.19 bits per heavy atom. The van der Waals surface area contributed by atoms with Gasteiger partial charge in [0.1, 0.15) is 0 Å². The molecular formula is C13H22O3. The van der Waals surface area contributed by atoms with Crippen molar-refractivity contribution in [3.05, 3.63) is 11.6 Å². The Kier molecular flexibility index (Phi) is 7.52. The predicted octanol–water partition coefficient (Wildman–Crippen LogP) is 2.89. The highest BCUT2D eigenvalue weighted by molar-refractivity contribution is 6.32. The van der Waals surface area contributed by atoms with E-state index in [0.29, 0.717) is 12.5 Å². The molecule has 0 saturated heterocycles. The van der Waals surface area contributed by atoms with E-state index in [1.54, 1.807) is 0 Å². The molecule has 0 bridgehead atoms. The Balaban J connectivity index is 3.58. The third-order valence-electron chi connectivity index (χ3n) is 2.34. The third-order valence-corrected chi connectivity index (χ3v) is 2.34. The highest BCUT2D eigenvalue weighted by atomic mass is 16.5. The van der Waals surface area contributed by atoms with Crippen LogP contribution in [0.4, 0.5) is 0 Å². The number of carbonyl (C=O) groups excluding carboxylic acids is 2. The number of Topliss-reactive ketones (excluding diaryl/α,β-unsaturated/α-hetero) is 1. The van der Waals surface area contributed by atoms with E-state index in [4.69, 9.17) is 4.74 Å². The van der Waals surface area contributed by atoms with Gasteiger partial charge in [0.2, 0.25) is 5.78 Å². The summed E-state index contributed by atoms with van der Waals surface area (Å²) < 4.78 is 4.80. The molecule has 3 nitrogen and oxygen atoms in total. The number of esters is 1. The molecule has 1 unspecified atom stereocenters. The van der Waals surface area contributed by atoms with Gasteiger partial charge in [0.05, 0.1) is 6.61 Å². The summed E-state index contributed by atoms with van der Waals surface area (Å²) in [6.45, 7) is 7.86. The second-order valence-electron chi connectivity index (χ2n) is 4.44. The van der Waals surface area contributed by atoms with Crippen LogP contribution in [0.25, 0.3) is 0 Å². The lowest BCUT2D eigenvalue weighted by Crippen LogP contribution is -2.15. The van der Waals surface area contributed by atoms with Crippen LogP contribution in [0.3, 0.4) is 0 Å². The molecule has 0 aliphatic carbocycles. The highest BCUT2D eigenvalue weighted by Crippen LogP contribution is 2.11. The molecule has 0 saturated carbocycles. The monoisotopic (exact) mass is 226 g/mol. The first kappa shape index (κ1) is 14.9. The number of hydrogen-bond donors (Lipinski definition) is 0. The number of ketones is 1. The maximum Gasteiger partial charge on any atom is 0.374 e. The molecule has 0 heterocycles. The van der Waals surface area contributed by atoms with E-state index in [1.165, 1.54) is 12.5 Å². The standard InChI is InChI=1S/C13H22O3/c1-10(2)6-5-7-11(3)8-9-16-13(15)12(4)14/h6,11H,5,7-9H2,1-4H3. The average molecular weight is 226 g/mol. The summed E-state index contributed by atoms with van der Waals surface area (Å²) in [7, 11) is 0. The van der Waals surface area contributed by atoms with Crippen molar-refractivity contribution < 1.29 is 14.3 Å². The van der Waals surface area contributed by atoms with Gasteiger partial charge in [0.15, 0.2) is 0 Å². The number of rotatable bonds is 7. The Labute approximate surface area is 97.9 Å². The van der Waals surface area contributed by atoms with Crippen molar-refractivity contribution in [1.29, 1.82) is 0 Å². The normalized spacial score (nSPS) is 11.8. The van der Waals surface area contributed by atoms with Crippen LogP contribution in [-0.4, -0.2) is 18.4 Å². The van der Waals surface area contributed by atoms with Crippen LogP contribution in [0.5, 0.6) is 0 Å². The molecule has 92 valence electrons. The number of hydrogen-bond acceptors (Lipinski definition) is 3. The van der Waals surface area contributed by atoms with E-state index in [2.05, 4.69) is 26.8 Å². The quantitative estimate of drug-likeness (QED) is 0.381. The molecule has 0 spiro atoms. The molecule has 16 heavy (non-hydrogen) atoms. The summed E-state index contributed by atoms with van der Waals surface area (Å²) in [5.41, 5.74) is 1.33. The van der Waals surface area contributed by atoms with Crippen molar-refractivity contribution in [2.75, 3.05) is 6.61 Å². The van der Waals surface area contributed by atoms with Crippen molar-refractivity contribution in [1.82, 2.24) is 0 Å². The Morgan fingerprint density at radius 2 is 1.81 bits per heavy atom. The van der Waals surface area contributed by atoms with Gasteiger partial charge in [0.25, 0.3) is 0 Å². The Bertz CT molecular complexity index is 262. The second-order valence-corrected chi connectivity index (χ2v) is 4.44. The third kappa shape index (κ3) is 8.21. The van der Waals surface area contributed by atoms with Gasteiger partial charge in [-0.25, -0.2) is 4.79 Å². The fraction of sp³-hybridized carbons (Fsp3) is 0.692. The maximum atomic E-state index is 10.8. The zero-order valence-corrected chi connectivity index (χ0v) is 10.7. The summed E-state index contributed by atoms with van der Waals surface area (Å²) in [5.74, 6) is -0.746. The largest absolute Gasteiger partial charge is 0.460 e. The van der Waals surface area contributed by atoms with Crippen LogP contribution >= 0.6 is 0 Å². The Hall–Kier alpha value is -1.12. The van der Waals surface area contributed by atoms with Crippen LogP contribution in [0.1, 0.15) is 47.0 Å². The van der Waals surface area contributed by atoms with Gasteiger partial charge in [-0.05, 0) is 39.0 Å². The van der Waals surface area contributed by atoms with Gasteiger partial charge in [-0.15, -0.1) is 0 Å². The molecule has 3 heteroatoms. The molecule has 0 aromatic carbocycles. The number of allylic oxidation sites excluding steroid dienone is 2. The summed E-state index contributed by atoms with van der Waals surface area (Å²) in [4.78, 5) is 21.4. The van der Waals surface area contributed by atoms with Crippen molar-refractivity contribution in [2.24, 2.45) is 5.92 Å². The molecule has 0 amide bonds. The van der Waals surface area contributed by atoms with E-state index >= 15 is 0 Å². The molecule has 0 aliphatic heterocycles. The number of carbonyl (C=O) groups is 2. The summed E-state index contributed by atoms with van der Waals surface area (Å²) in [6.07, 6.45) is 5.17. The maximum absolute atomic E-state index is 10.8. The first-order valence-electron chi connectivity index (χ1n) is 5.74. The lowest BCUT2D eigenvalue weighted by Gasteiger charge is -2.09. The van der Waals surface area contributed by atoms with Crippen LogP contribution < -0.4 is 0 Å². The van der Waals surface area contributed by atoms with Crippen LogP contribution in [0.2, 0.25) is 0 Å².